The van der Waals surface area contributed by atoms with Crippen molar-refractivity contribution in [2.45, 2.75) is 52.6 Å². The fraction of sp³-hybridized carbons (Fsp3) is 0.303. The predicted molar refractivity (Wildman–Crippen MR) is 155 cm³/mol. The van der Waals surface area contributed by atoms with Gasteiger partial charge < -0.3 is 14.0 Å². The number of hydrogen-bond acceptors (Lipinski definition) is 5. The summed E-state index contributed by atoms with van der Waals surface area (Å²) in [6.07, 6.45) is 3.10. The van der Waals surface area contributed by atoms with E-state index in [-0.39, 0.29) is 24.3 Å². The lowest BCUT2D eigenvalue weighted by Crippen LogP contribution is -2.21. The van der Waals surface area contributed by atoms with E-state index >= 15 is 0 Å². The van der Waals surface area contributed by atoms with E-state index in [0.29, 0.717) is 17.5 Å². The molecule has 0 amide bonds. The van der Waals surface area contributed by atoms with Crippen molar-refractivity contribution in [3.63, 3.8) is 0 Å². The Labute approximate surface area is 237 Å². The van der Waals surface area contributed by atoms with Crippen LogP contribution >= 0.6 is 0 Å². The summed E-state index contributed by atoms with van der Waals surface area (Å²) in [5.41, 5.74) is 5.27. The van der Waals surface area contributed by atoms with Gasteiger partial charge in [0, 0.05) is 22.2 Å². The van der Waals surface area contributed by atoms with Gasteiger partial charge in [0.15, 0.2) is 0 Å². The number of hydrogen-bond donors (Lipinski definition) is 0. The minimum absolute atomic E-state index is 0.0895. The summed E-state index contributed by atoms with van der Waals surface area (Å²) in [5.74, 6) is -0.384. The zero-order chi connectivity index (χ0) is 28.9. The third-order valence-electron chi connectivity index (χ3n) is 8.11. The maximum atomic E-state index is 14.3. The van der Waals surface area contributed by atoms with Gasteiger partial charge in [0.05, 0.1) is 29.8 Å². The first kappa shape index (κ1) is 26.7. The van der Waals surface area contributed by atoms with Gasteiger partial charge in [0.25, 0.3) is 0 Å². The lowest BCUT2D eigenvalue weighted by molar-refractivity contribution is -0.147. The number of fused-ring (bicyclic) bond motifs is 2. The minimum Gasteiger partial charge on any atom is -0.469 e. The molecule has 210 valence electrons. The highest BCUT2D eigenvalue weighted by Crippen LogP contribution is 2.52. The molecule has 7 nitrogen and oxygen atoms in total. The van der Waals surface area contributed by atoms with Gasteiger partial charge in [-0.05, 0) is 79.1 Å². The van der Waals surface area contributed by atoms with Crippen molar-refractivity contribution < 1.29 is 23.5 Å². The van der Waals surface area contributed by atoms with Crippen LogP contribution < -0.4 is 0 Å². The number of nitrogens with zero attached hydrogens (tertiary/aromatic N) is 3. The van der Waals surface area contributed by atoms with E-state index in [1.54, 1.807) is 19.2 Å². The van der Waals surface area contributed by atoms with Crippen LogP contribution in [0, 0.1) is 18.2 Å². The van der Waals surface area contributed by atoms with Crippen LogP contribution in [0.5, 0.6) is 0 Å². The smallest absolute Gasteiger partial charge is 0.435 e. The number of carbonyl (C=O) groups excluding carboxylic acids is 2. The van der Waals surface area contributed by atoms with Gasteiger partial charge in [-0.3, -0.25) is 4.79 Å². The van der Waals surface area contributed by atoms with Gasteiger partial charge in [0.1, 0.15) is 12.4 Å². The van der Waals surface area contributed by atoms with E-state index in [4.69, 9.17) is 9.47 Å². The summed E-state index contributed by atoms with van der Waals surface area (Å²) in [7, 11) is 1.43. The first-order chi connectivity index (χ1) is 19.7. The lowest BCUT2D eigenvalue weighted by Gasteiger charge is -2.18. The summed E-state index contributed by atoms with van der Waals surface area (Å²) in [6, 6.07) is 18.6. The van der Waals surface area contributed by atoms with Crippen molar-refractivity contribution >= 4 is 33.9 Å². The molecule has 0 radical (unpaired) electrons. The third-order valence-corrected chi connectivity index (χ3v) is 8.11. The summed E-state index contributed by atoms with van der Waals surface area (Å²) >= 11 is 0. The molecule has 0 N–H and O–H groups in total. The van der Waals surface area contributed by atoms with Crippen molar-refractivity contribution in [1.82, 2.24) is 14.3 Å². The Balaban J connectivity index is 1.53. The van der Waals surface area contributed by atoms with Crippen molar-refractivity contribution in [3.8, 4) is 5.69 Å². The highest BCUT2D eigenvalue weighted by Gasteiger charge is 2.51. The second-order valence-electron chi connectivity index (χ2n) is 11.3. The van der Waals surface area contributed by atoms with E-state index in [1.165, 1.54) is 17.9 Å². The fourth-order valence-corrected chi connectivity index (χ4v) is 5.81. The maximum Gasteiger partial charge on any atom is 0.435 e. The van der Waals surface area contributed by atoms with Crippen LogP contribution in [0.4, 0.5) is 9.18 Å². The Morgan fingerprint density at radius 3 is 2.46 bits per heavy atom. The van der Waals surface area contributed by atoms with E-state index in [1.807, 2.05) is 48.5 Å². The van der Waals surface area contributed by atoms with Crippen LogP contribution in [0.1, 0.15) is 55.0 Å². The Kier molecular flexibility index (Phi) is 6.64. The van der Waals surface area contributed by atoms with Gasteiger partial charge in [-0.25, -0.2) is 9.18 Å². The van der Waals surface area contributed by atoms with Crippen LogP contribution in [-0.4, -0.2) is 33.5 Å². The molecule has 2 aromatic heterocycles. The standard InChI is InChI=1S/C33H32FN3O4/c1-20(2)30-26(17-33(12-13-33)31(38)40-4)25-16-28-23(15-29(25)36(30)24-10-11-27(34)21(3)14-24)18-35-37(28)32(39)41-19-22-8-6-5-7-9-22/h5-11,14-16,18,20H,12-13,17,19H2,1-4H3. The molecule has 1 fully saturated rings. The van der Waals surface area contributed by atoms with Crippen LogP contribution in [0.25, 0.3) is 27.5 Å². The largest absolute Gasteiger partial charge is 0.469 e. The molecule has 8 heteroatoms. The number of aromatic nitrogens is 3. The zero-order valence-electron chi connectivity index (χ0n) is 23.6. The Hall–Kier alpha value is -4.46. The van der Waals surface area contributed by atoms with Crippen LogP contribution in [0.15, 0.2) is 66.9 Å². The van der Waals surface area contributed by atoms with Crippen LogP contribution in [-0.2, 0) is 27.3 Å². The molecule has 0 saturated heterocycles. The van der Waals surface area contributed by atoms with E-state index in [2.05, 4.69) is 23.5 Å². The number of esters is 1. The molecular formula is C33H32FN3O4. The highest BCUT2D eigenvalue weighted by atomic mass is 19.1. The lowest BCUT2D eigenvalue weighted by atomic mass is 9.91. The summed E-state index contributed by atoms with van der Waals surface area (Å²) < 4.78 is 28.5. The predicted octanol–water partition coefficient (Wildman–Crippen LogP) is 7.23. The van der Waals surface area contributed by atoms with Crippen molar-refractivity contribution in [3.05, 3.63) is 95.1 Å². The van der Waals surface area contributed by atoms with Gasteiger partial charge in [-0.2, -0.15) is 9.78 Å². The highest BCUT2D eigenvalue weighted by molar-refractivity contribution is 6.01. The topological polar surface area (TPSA) is 75.4 Å². The number of carbonyl (C=O) groups is 2. The molecule has 1 aliphatic carbocycles. The molecule has 0 unspecified atom stereocenters. The van der Waals surface area contributed by atoms with Crippen LogP contribution in [0.3, 0.4) is 0 Å². The molecule has 0 bridgehead atoms. The van der Waals surface area contributed by atoms with Gasteiger partial charge >= 0.3 is 12.1 Å². The molecule has 5 aromatic rings. The number of ether oxygens (including phenoxy) is 2. The Morgan fingerprint density at radius 2 is 1.80 bits per heavy atom. The van der Waals surface area contributed by atoms with E-state index in [9.17, 15) is 14.0 Å². The average Bonchev–Trinajstić information content (AvgIpc) is 3.54. The van der Waals surface area contributed by atoms with E-state index in [0.717, 1.165) is 51.6 Å². The Bertz CT molecular complexity index is 1800. The normalized spacial score (nSPS) is 14.1. The quantitative estimate of drug-likeness (QED) is 0.199. The first-order valence-electron chi connectivity index (χ1n) is 13.8. The zero-order valence-corrected chi connectivity index (χ0v) is 23.6. The number of methoxy groups -OCH3 is 1. The summed E-state index contributed by atoms with van der Waals surface area (Å²) in [6.45, 7) is 6.11. The maximum absolute atomic E-state index is 14.3. The molecule has 0 aliphatic heterocycles. The summed E-state index contributed by atoms with van der Waals surface area (Å²) in [4.78, 5) is 26.0. The van der Waals surface area contributed by atoms with Gasteiger partial charge in [-0.1, -0.05) is 44.2 Å². The molecule has 0 atom stereocenters. The molecule has 0 spiro atoms. The molecular weight excluding hydrogens is 521 g/mol. The van der Waals surface area contributed by atoms with Crippen LogP contribution in [0.2, 0.25) is 0 Å². The molecule has 41 heavy (non-hydrogen) atoms. The Morgan fingerprint density at radius 1 is 1.05 bits per heavy atom. The molecule has 2 heterocycles. The molecule has 1 saturated carbocycles. The minimum atomic E-state index is -0.573. The second kappa shape index (κ2) is 10.2. The van der Waals surface area contributed by atoms with Gasteiger partial charge in [-0.15, -0.1) is 0 Å². The first-order valence-corrected chi connectivity index (χ1v) is 13.8. The molecule has 3 aromatic carbocycles. The molecule has 1 aliphatic rings. The molecule has 6 rings (SSSR count). The summed E-state index contributed by atoms with van der Waals surface area (Å²) in [5, 5.41) is 6.04. The number of rotatable bonds is 7. The average molecular weight is 554 g/mol. The van der Waals surface area contributed by atoms with E-state index < -0.39 is 11.5 Å². The van der Waals surface area contributed by atoms with Gasteiger partial charge in [0.2, 0.25) is 0 Å². The second-order valence-corrected chi connectivity index (χ2v) is 11.3. The monoisotopic (exact) mass is 553 g/mol. The SMILES string of the molecule is COC(=O)C1(Cc2c(C(C)C)n(-c3ccc(F)c(C)c3)c3cc4cnn(C(=O)OCc5ccccc5)c4cc23)CC1. The fourth-order valence-electron chi connectivity index (χ4n) is 5.81. The van der Waals surface area contributed by atoms with Crippen molar-refractivity contribution in [2.75, 3.05) is 7.11 Å². The number of benzene rings is 3. The number of halogens is 1. The van der Waals surface area contributed by atoms with Crippen molar-refractivity contribution in [2.24, 2.45) is 5.41 Å². The number of aryl methyl sites for hydroxylation is 1. The third kappa shape index (κ3) is 4.67. The van der Waals surface area contributed by atoms with Crippen molar-refractivity contribution in [1.29, 1.82) is 0 Å².